The van der Waals surface area contributed by atoms with E-state index in [0.29, 0.717) is 0 Å². The molecule has 0 heterocycles. The fourth-order valence-corrected chi connectivity index (χ4v) is 2.17. The van der Waals surface area contributed by atoms with Crippen molar-refractivity contribution in [1.29, 1.82) is 0 Å². The highest BCUT2D eigenvalue weighted by Gasteiger charge is 2.24. The zero-order valence-electron chi connectivity index (χ0n) is 10.7. The van der Waals surface area contributed by atoms with E-state index in [-0.39, 0.29) is 26.1 Å². The van der Waals surface area contributed by atoms with Gasteiger partial charge in [-0.25, -0.2) is 0 Å². The van der Waals surface area contributed by atoms with E-state index in [9.17, 15) is 13.2 Å². The van der Waals surface area contributed by atoms with E-state index in [1.807, 2.05) is 0 Å². The van der Waals surface area contributed by atoms with Gasteiger partial charge in [-0.15, -0.1) is 0 Å². The van der Waals surface area contributed by atoms with E-state index >= 15 is 0 Å². The first kappa shape index (κ1) is 16.3. The van der Waals surface area contributed by atoms with Crippen LogP contribution in [0.5, 0.6) is 0 Å². The van der Waals surface area contributed by atoms with E-state index < -0.39 is 16.2 Å². The molecule has 0 spiro atoms. The van der Waals surface area contributed by atoms with Crippen LogP contribution in [0.2, 0.25) is 0 Å². The molecule has 0 unspecified atom stereocenters. The smallest absolute Gasteiger partial charge is 0.306 e. The van der Waals surface area contributed by atoms with Gasteiger partial charge in [0.25, 0.3) is 10.2 Å². The number of hydrogen-bond donors (Lipinski definition) is 0. The molecule has 0 rings (SSSR count). The summed E-state index contributed by atoms with van der Waals surface area (Å²) >= 11 is 0. The molecular weight excluding hydrogens is 248 g/mol. The van der Waals surface area contributed by atoms with Crippen molar-refractivity contribution in [3.05, 3.63) is 0 Å². The van der Waals surface area contributed by atoms with Gasteiger partial charge in [0.2, 0.25) is 0 Å². The molecule has 102 valence electrons. The molecule has 8 heteroatoms. The van der Waals surface area contributed by atoms with Crippen molar-refractivity contribution in [2.24, 2.45) is 0 Å². The monoisotopic (exact) mass is 268 g/mol. The Labute approximate surface area is 102 Å². The van der Waals surface area contributed by atoms with Gasteiger partial charge in [-0.2, -0.15) is 17.0 Å². The van der Waals surface area contributed by atoms with Crippen LogP contribution >= 0.6 is 0 Å². The topological polar surface area (TPSA) is 76.1 Å². The van der Waals surface area contributed by atoms with Gasteiger partial charge in [0.15, 0.2) is 0 Å². The molecule has 0 fully saturated rings. The molecule has 0 aliphatic rings. The molecule has 0 aromatic carbocycles. The van der Waals surface area contributed by atoms with Gasteiger partial charge in [-0.05, 0) is 0 Å². The Morgan fingerprint density at radius 2 is 1.76 bits per heavy atom. The van der Waals surface area contributed by atoms with Crippen LogP contribution < -0.4 is 0 Å². The second kappa shape index (κ2) is 7.59. The number of esters is 1. The molecule has 17 heavy (non-hydrogen) atoms. The van der Waals surface area contributed by atoms with E-state index in [1.165, 1.54) is 32.6 Å². The third-order valence-electron chi connectivity index (χ3n) is 2.13. The van der Waals surface area contributed by atoms with Crippen molar-refractivity contribution < 1.29 is 22.7 Å². The zero-order valence-corrected chi connectivity index (χ0v) is 11.5. The summed E-state index contributed by atoms with van der Waals surface area (Å²) in [5.41, 5.74) is 0. The van der Waals surface area contributed by atoms with Crippen molar-refractivity contribution >= 4 is 16.2 Å². The number of carbonyl (C=O) groups is 1. The Hall–Kier alpha value is -0.700. The number of ether oxygens (including phenoxy) is 2. The number of carbonyl (C=O) groups excluding carboxylic acids is 1. The van der Waals surface area contributed by atoms with Gasteiger partial charge in [0.05, 0.1) is 20.1 Å². The number of methoxy groups -OCH3 is 2. The van der Waals surface area contributed by atoms with Crippen molar-refractivity contribution in [3.8, 4) is 0 Å². The van der Waals surface area contributed by atoms with Gasteiger partial charge in [0, 0.05) is 34.3 Å². The Kier molecular flexibility index (Phi) is 7.28. The maximum absolute atomic E-state index is 11.9. The summed E-state index contributed by atoms with van der Waals surface area (Å²) in [5.74, 6) is -0.443. The van der Waals surface area contributed by atoms with Gasteiger partial charge in [0.1, 0.15) is 0 Å². The number of nitrogens with zero attached hydrogens (tertiary/aromatic N) is 2. The summed E-state index contributed by atoms with van der Waals surface area (Å²) < 4.78 is 35.4. The second-order valence-corrected chi connectivity index (χ2v) is 5.65. The molecule has 0 aromatic rings. The van der Waals surface area contributed by atoms with Crippen LogP contribution in [0.3, 0.4) is 0 Å². The SMILES string of the molecule is COCCN(CCC(=O)OC)S(=O)(=O)N(C)C. The molecule has 0 aliphatic carbocycles. The Morgan fingerprint density at radius 3 is 2.18 bits per heavy atom. The molecule has 7 nitrogen and oxygen atoms in total. The molecule has 0 amide bonds. The fraction of sp³-hybridized carbons (Fsp3) is 0.889. The van der Waals surface area contributed by atoms with Gasteiger partial charge < -0.3 is 9.47 Å². The lowest BCUT2D eigenvalue weighted by Gasteiger charge is -2.24. The van der Waals surface area contributed by atoms with Crippen LogP contribution in [-0.2, 0) is 24.5 Å². The number of hydrogen-bond acceptors (Lipinski definition) is 5. The largest absolute Gasteiger partial charge is 0.469 e. The predicted molar refractivity (Wildman–Crippen MR) is 62.7 cm³/mol. The molecule has 0 saturated carbocycles. The minimum Gasteiger partial charge on any atom is -0.469 e. The summed E-state index contributed by atoms with van der Waals surface area (Å²) in [6.07, 6.45) is 0.0211. The van der Waals surface area contributed by atoms with Crippen LogP contribution in [0, 0.1) is 0 Å². The van der Waals surface area contributed by atoms with Crippen molar-refractivity contribution in [3.63, 3.8) is 0 Å². The quantitative estimate of drug-likeness (QED) is 0.544. The first-order valence-electron chi connectivity index (χ1n) is 5.09. The Balaban J connectivity index is 4.59. The summed E-state index contributed by atoms with van der Waals surface area (Å²) in [5, 5.41) is 0. The van der Waals surface area contributed by atoms with Crippen molar-refractivity contribution in [2.45, 2.75) is 6.42 Å². The van der Waals surface area contributed by atoms with Crippen LogP contribution in [-0.4, -0.2) is 71.0 Å². The summed E-state index contributed by atoms with van der Waals surface area (Å²) in [4.78, 5) is 11.0. The van der Waals surface area contributed by atoms with Gasteiger partial charge in [-0.1, -0.05) is 0 Å². The maximum atomic E-state index is 11.9. The third-order valence-corrected chi connectivity index (χ3v) is 4.07. The van der Waals surface area contributed by atoms with Crippen molar-refractivity contribution in [2.75, 3.05) is 48.0 Å². The molecule has 0 atom stereocenters. The second-order valence-electron chi connectivity index (χ2n) is 3.51. The minimum absolute atomic E-state index is 0.0211. The standard InChI is InChI=1S/C9H20N2O5S/c1-10(2)17(13,14)11(7-8-15-3)6-5-9(12)16-4/h5-8H2,1-4H3. The Bertz CT molecular complexity index is 328. The molecule has 0 saturated heterocycles. The highest BCUT2D eigenvalue weighted by Crippen LogP contribution is 2.05. The lowest BCUT2D eigenvalue weighted by Crippen LogP contribution is -2.42. The normalized spacial score (nSPS) is 12.1. The minimum atomic E-state index is -3.54. The number of rotatable bonds is 8. The highest BCUT2D eigenvalue weighted by molar-refractivity contribution is 7.86. The van der Waals surface area contributed by atoms with E-state index in [2.05, 4.69) is 4.74 Å². The first-order valence-corrected chi connectivity index (χ1v) is 6.49. The van der Waals surface area contributed by atoms with E-state index in [4.69, 9.17) is 4.74 Å². The van der Waals surface area contributed by atoms with Crippen molar-refractivity contribution in [1.82, 2.24) is 8.61 Å². The predicted octanol–water partition coefficient (Wildman–Crippen LogP) is -0.696. The maximum Gasteiger partial charge on any atom is 0.306 e. The van der Waals surface area contributed by atoms with Crippen LogP contribution in [0.25, 0.3) is 0 Å². The van der Waals surface area contributed by atoms with Crippen LogP contribution in [0.4, 0.5) is 0 Å². The average Bonchev–Trinajstić information content (AvgIpc) is 2.28. The summed E-state index contributed by atoms with van der Waals surface area (Å²) in [6.45, 7) is 0.554. The van der Waals surface area contributed by atoms with E-state index in [1.54, 1.807) is 0 Å². The van der Waals surface area contributed by atoms with E-state index in [0.717, 1.165) is 4.31 Å². The Morgan fingerprint density at radius 1 is 1.18 bits per heavy atom. The van der Waals surface area contributed by atoms with Gasteiger partial charge in [-0.3, -0.25) is 4.79 Å². The lowest BCUT2D eigenvalue weighted by molar-refractivity contribution is -0.140. The summed E-state index contributed by atoms with van der Waals surface area (Å²) in [6, 6.07) is 0. The molecule has 0 radical (unpaired) electrons. The highest BCUT2D eigenvalue weighted by atomic mass is 32.2. The fourth-order valence-electron chi connectivity index (χ4n) is 1.08. The molecular formula is C9H20N2O5S. The molecule has 0 aromatic heterocycles. The third kappa shape index (κ3) is 5.44. The molecule has 0 bridgehead atoms. The van der Waals surface area contributed by atoms with Gasteiger partial charge >= 0.3 is 5.97 Å². The van der Waals surface area contributed by atoms with Crippen LogP contribution in [0.1, 0.15) is 6.42 Å². The lowest BCUT2D eigenvalue weighted by atomic mass is 10.4. The first-order chi connectivity index (χ1) is 7.86. The average molecular weight is 268 g/mol. The molecule has 0 aliphatic heterocycles. The molecule has 0 N–H and O–H groups in total. The van der Waals surface area contributed by atoms with Crippen LogP contribution in [0.15, 0.2) is 0 Å². The zero-order chi connectivity index (χ0) is 13.5. The summed E-state index contributed by atoms with van der Waals surface area (Å²) in [7, 11) is 2.09.